The fourth-order valence-corrected chi connectivity index (χ4v) is 3.83. The molecule has 5 heteroatoms. The van der Waals surface area contributed by atoms with E-state index in [2.05, 4.69) is 16.9 Å². The maximum atomic E-state index is 5.76. The minimum absolute atomic E-state index is 0.446. The smallest absolute Gasteiger partial charge is 0.226 e. The molecule has 98 valence electrons. The molecule has 1 unspecified atom stereocenters. The summed E-state index contributed by atoms with van der Waals surface area (Å²) in [5.41, 5.74) is 1.01. The van der Waals surface area contributed by atoms with Crippen LogP contribution in [0.5, 0.6) is 0 Å². The van der Waals surface area contributed by atoms with Crippen LogP contribution in [0.3, 0.4) is 0 Å². The number of aromatic nitrogens is 1. The van der Waals surface area contributed by atoms with Crippen LogP contribution in [0.4, 0.5) is 0 Å². The second-order valence-electron chi connectivity index (χ2n) is 4.34. The van der Waals surface area contributed by atoms with Gasteiger partial charge in [0, 0.05) is 11.3 Å². The molecule has 1 aromatic heterocycles. The Morgan fingerprint density at radius 2 is 2.21 bits per heavy atom. The molecule has 0 fully saturated rings. The molecule has 1 atom stereocenters. The van der Waals surface area contributed by atoms with Gasteiger partial charge in [0.05, 0.1) is 18.0 Å². The van der Waals surface area contributed by atoms with E-state index in [0.29, 0.717) is 11.9 Å². The van der Waals surface area contributed by atoms with E-state index in [-0.39, 0.29) is 0 Å². The van der Waals surface area contributed by atoms with Gasteiger partial charge in [0.15, 0.2) is 0 Å². The molecule has 3 rings (SSSR count). The van der Waals surface area contributed by atoms with Crippen LogP contribution in [0.25, 0.3) is 11.5 Å². The zero-order chi connectivity index (χ0) is 13.1. The molecule has 19 heavy (non-hydrogen) atoms. The van der Waals surface area contributed by atoms with E-state index in [1.54, 1.807) is 18.0 Å². The van der Waals surface area contributed by atoms with Gasteiger partial charge < -0.3 is 4.42 Å². The highest BCUT2D eigenvalue weighted by Crippen LogP contribution is 2.29. The van der Waals surface area contributed by atoms with E-state index >= 15 is 0 Å². The standard InChI is InChI=1S/C14H14N2OS2/c1-10-8-18-14(16-10)19-9-12-7-15-13(17-12)11-5-3-2-4-6-11/h2-7,10H,8-9H2,1H3. The predicted molar refractivity (Wildman–Crippen MR) is 82.6 cm³/mol. The molecule has 0 amide bonds. The number of rotatable bonds is 3. The summed E-state index contributed by atoms with van der Waals surface area (Å²) in [5.74, 6) is 3.46. The Bertz CT molecular complexity index is 580. The van der Waals surface area contributed by atoms with Gasteiger partial charge in [-0.05, 0) is 19.1 Å². The number of hydrogen-bond donors (Lipinski definition) is 0. The van der Waals surface area contributed by atoms with Gasteiger partial charge >= 0.3 is 0 Å². The summed E-state index contributed by atoms with van der Waals surface area (Å²) in [7, 11) is 0. The Hall–Kier alpha value is -1.20. The van der Waals surface area contributed by atoms with Crippen LogP contribution < -0.4 is 0 Å². The van der Waals surface area contributed by atoms with Crippen molar-refractivity contribution in [1.82, 2.24) is 4.98 Å². The summed E-state index contributed by atoms with van der Waals surface area (Å²) in [4.78, 5) is 8.87. The van der Waals surface area contributed by atoms with E-state index in [1.807, 2.05) is 42.1 Å². The molecule has 0 spiro atoms. The molecule has 2 heterocycles. The molecule has 0 saturated carbocycles. The predicted octanol–water partition coefficient (Wildman–Crippen LogP) is 4.07. The summed E-state index contributed by atoms with van der Waals surface area (Å²) in [5, 5.41) is 0. The van der Waals surface area contributed by atoms with Crippen LogP contribution in [0.15, 0.2) is 45.9 Å². The van der Waals surface area contributed by atoms with Crippen molar-refractivity contribution in [3.8, 4) is 11.5 Å². The van der Waals surface area contributed by atoms with Crippen molar-refractivity contribution in [3.63, 3.8) is 0 Å². The molecule has 0 aliphatic carbocycles. The van der Waals surface area contributed by atoms with Crippen LogP contribution in [0.1, 0.15) is 12.7 Å². The van der Waals surface area contributed by atoms with Crippen molar-refractivity contribution in [1.29, 1.82) is 0 Å². The van der Waals surface area contributed by atoms with Gasteiger partial charge in [-0.25, -0.2) is 4.98 Å². The van der Waals surface area contributed by atoms with Gasteiger partial charge in [0.1, 0.15) is 10.1 Å². The molecule has 1 aliphatic rings. The van der Waals surface area contributed by atoms with Crippen LogP contribution in [0, 0.1) is 0 Å². The SMILES string of the molecule is CC1CSC(SCc2cnc(-c3ccccc3)o2)=N1. The van der Waals surface area contributed by atoms with Gasteiger partial charge in [-0.3, -0.25) is 4.99 Å². The lowest BCUT2D eigenvalue weighted by Gasteiger charge is -1.96. The fourth-order valence-electron chi connectivity index (χ4n) is 1.75. The third kappa shape index (κ3) is 3.22. The number of hydrogen-bond acceptors (Lipinski definition) is 5. The number of aliphatic imine (C=N–C) groups is 1. The minimum Gasteiger partial charge on any atom is -0.440 e. The Kier molecular flexibility index (Phi) is 3.94. The molecule has 0 saturated heterocycles. The fraction of sp³-hybridized carbons (Fsp3) is 0.286. The molecule has 2 aromatic rings. The molecule has 0 N–H and O–H groups in total. The Morgan fingerprint density at radius 3 is 2.95 bits per heavy atom. The average molecular weight is 290 g/mol. The minimum atomic E-state index is 0.446. The highest BCUT2D eigenvalue weighted by atomic mass is 32.2. The van der Waals surface area contributed by atoms with Crippen molar-refractivity contribution in [2.45, 2.75) is 18.7 Å². The summed E-state index contributed by atoms with van der Waals surface area (Å²) < 4.78 is 6.92. The lowest BCUT2D eigenvalue weighted by atomic mass is 10.2. The number of oxazole rings is 1. The second kappa shape index (κ2) is 5.84. The van der Waals surface area contributed by atoms with Gasteiger partial charge in [-0.1, -0.05) is 41.7 Å². The normalized spacial score (nSPS) is 18.6. The summed E-state index contributed by atoms with van der Waals surface area (Å²) >= 11 is 3.55. The Labute approximate surface area is 120 Å². The highest BCUT2D eigenvalue weighted by molar-refractivity contribution is 8.38. The van der Waals surface area contributed by atoms with E-state index in [9.17, 15) is 0 Å². The van der Waals surface area contributed by atoms with E-state index in [0.717, 1.165) is 27.2 Å². The molecule has 1 aliphatic heterocycles. The van der Waals surface area contributed by atoms with E-state index < -0.39 is 0 Å². The number of thioether (sulfide) groups is 2. The van der Waals surface area contributed by atoms with Crippen molar-refractivity contribution in [3.05, 3.63) is 42.3 Å². The molecule has 0 bridgehead atoms. The van der Waals surface area contributed by atoms with Crippen LogP contribution in [0.2, 0.25) is 0 Å². The van der Waals surface area contributed by atoms with Crippen molar-refractivity contribution < 1.29 is 4.42 Å². The van der Waals surface area contributed by atoms with Gasteiger partial charge in [0.25, 0.3) is 0 Å². The summed E-state index contributed by atoms with van der Waals surface area (Å²) in [6, 6.07) is 10.4. The third-order valence-corrected chi connectivity index (χ3v) is 5.18. The zero-order valence-electron chi connectivity index (χ0n) is 10.6. The monoisotopic (exact) mass is 290 g/mol. The van der Waals surface area contributed by atoms with Crippen LogP contribution >= 0.6 is 23.5 Å². The van der Waals surface area contributed by atoms with Crippen LogP contribution in [-0.4, -0.2) is 21.2 Å². The van der Waals surface area contributed by atoms with Crippen molar-refractivity contribution in [2.24, 2.45) is 4.99 Å². The lowest BCUT2D eigenvalue weighted by molar-refractivity contribution is 0.539. The largest absolute Gasteiger partial charge is 0.440 e. The maximum Gasteiger partial charge on any atom is 0.226 e. The zero-order valence-corrected chi connectivity index (χ0v) is 12.2. The van der Waals surface area contributed by atoms with E-state index in [1.165, 1.54) is 0 Å². The first-order valence-corrected chi connectivity index (χ1v) is 8.12. The Balaban J connectivity index is 1.64. The number of benzene rings is 1. The molecule has 1 aromatic carbocycles. The average Bonchev–Trinajstić information content (AvgIpc) is 3.06. The highest BCUT2D eigenvalue weighted by Gasteiger charge is 2.15. The third-order valence-electron chi connectivity index (χ3n) is 2.69. The van der Waals surface area contributed by atoms with Gasteiger partial charge in [0.2, 0.25) is 5.89 Å². The first-order chi connectivity index (χ1) is 9.31. The summed E-state index contributed by atoms with van der Waals surface area (Å²) in [6.45, 7) is 2.14. The lowest BCUT2D eigenvalue weighted by Crippen LogP contribution is -1.92. The quantitative estimate of drug-likeness (QED) is 0.854. The summed E-state index contributed by atoms with van der Waals surface area (Å²) in [6.07, 6.45) is 1.80. The van der Waals surface area contributed by atoms with Crippen LogP contribution in [-0.2, 0) is 5.75 Å². The van der Waals surface area contributed by atoms with E-state index in [4.69, 9.17) is 4.42 Å². The number of nitrogens with zero attached hydrogens (tertiary/aromatic N) is 2. The molecular weight excluding hydrogens is 276 g/mol. The second-order valence-corrected chi connectivity index (χ2v) is 6.57. The molecule has 3 nitrogen and oxygen atoms in total. The van der Waals surface area contributed by atoms with Crippen molar-refractivity contribution >= 4 is 27.9 Å². The molecular formula is C14H14N2OS2. The first kappa shape index (κ1) is 12.8. The van der Waals surface area contributed by atoms with Gasteiger partial charge in [-0.2, -0.15) is 0 Å². The first-order valence-electron chi connectivity index (χ1n) is 6.15. The van der Waals surface area contributed by atoms with Gasteiger partial charge in [-0.15, -0.1) is 0 Å². The van der Waals surface area contributed by atoms with Crippen molar-refractivity contribution in [2.75, 3.05) is 5.75 Å². The topological polar surface area (TPSA) is 38.4 Å². The Morgan fingerprint density at radius 1 is 1.37 bits per heavy atom. The molecule has 0 radical (unpaired) electrons. The maximum absolute atomic E-state index is 5.76.